The molecule has 0 bridgehead atoms. The SMILES string of the molecule is CP([Si](C)(C)C)P(C)(C)=C([Si](C)(C)C)[Si](C)(C)C. The molecule has 0 aromatic carbocycles. The fourth-order valence-electron chi connectivity index (χ4n) is 3.67. The molecule has 0 nitrogen and oxygen atoms in total. The van der Waals surface area contributed by atoms with Gasteiger partial charge in [0.05, 0.1) is 23.9 Å². The predicted molar refractivity (Wildman–Crippen MR) is 107 cm³/mol. The van der Waals surface area contributed by atoms with E-state index in [1.54, 1.807) is 0 Å². The predicted octanol–water partition coefficient (Wildman–Crippen LogP) is 6.05. The highest BCUT2D eigenvalue weighted by atomic mass is 32.2. The van der Waals surface area contributed by atoms with Crippen molar-refractivity contribution in [3.05, 3.63) is 0 Å². The van der Waals surface area contributed by atoms with Crippen LogP contribution in [0.5, 0.6) is 0 Å². The van der Waals surface area contributed by atoms with Crippen molar-refractivity contribution in [3.8, 4) is 0 Å². The highest BCUT2D eigenvalue weighted by Gasteiger charge is 2.39. The monoisotopic (exact) mass is 338 g/mol. The maximum atomic E-state index is 2.68. The van der Waals surface area contributed by atoms with Gasteiger partial charge in [-0.2, -0.15) is 0 Å². The summed E-state index contributed by atoms with van der Waals surface area (Å²) in [7, 11) is -2.99. The van der Waals surface area contributed by atoms with Gasteiger partial charge in [0.15, 0.2) is 0 Å². The van der Waals surface area contributed by atoms with E-state index in [0.29, 0.717) is 0 Å². The number of hydrogen-bond donors (Lipinski definition) is 0. The molecule has 0 spiro atoms. The third kappa shape index (κ3) is 4.74. The van der Waals surface area contributed by atoms with Crippen LogP contribution in [0.1, 0.15) is 0 Å². The first-order chi connectivity index (χ1) is 7.52. The zero-order valence-electron chi connectivity index (χ0n) is 14.9. The molecule has 5 heteroatoms. The van der Waals surface area contributed by atoms with E-state index in [2.05, 4.69) is 83.5 Å². The third-order valence-electron chi connectivity index (χ3n) is 3.69. The van der Waals surface area contributed by atoms with Gasteiger partial charge in [-0.15, -0.1) is 6.57 Å². The Morgan fingerprint density at radius 1 is 0.722 bits per heavy atom. The summed E-state index contributed by atoms with van der Waals surface area (Å²) in [6, 6.07) is 0. The molecule has 0 saturated heterocycles. The summed E-state index contributed by atoms with van der Waals surface area (Å²) in [5.41, 5.74) is 0. The Balaban J connectivity index is 6.21. The fourth-order valence-corrected chi connectivity index (χ4v) is 57.3. The Kier molecular flexibility index (Phi) is 6.07. The molecule has 0 rings (SSSR count). The van der Waals surface area contributed by atoms with E-state index in [4.69, 9.17) is 0 Å². The van der Waals surface area contributed by atoms with Gasteiger partial charge < -0.3 is 0 Å². The van der Waals surface area contributed by atoms with Crippen molar-refractivity contribution in [1.29, 1.82) is 0 Å². The first kappa shape index (κ1) is 19.4. The second kappa shape index (κ2) is 5.64. The lowest BCUT2D eigenvalue weighted by molar-refractivity contribution is 1.79. The summed E-state index contributed by atoms with van der Waals surface area (Å²) in [6.07, 6.45) is 0. The smallest absolute Gasteiger partial charge is 0.0767 e. The van der Waals surface area contributed by atoms with Gasteiger partial charge in [0.1, 0.15) is 0 Å². The lowest BCUT2D eigenvalue weighted by Gasteiger charge is -2.45. The normalized spacial score (nSPS) is 16.7. The quantitative estimate of drug-likeness (QED) is 0.432. The van der Waals surface area contributed by atoms with E-state index >= 15 is 0 Å². The van der Waals surface area contributed by atoms with Gasteiger partial charge in [-0.3, -0.25) is 0 Å². The van der Waals surface area contributed by atoms with E-state index in [1.165, 1.54) is 0 Å². The molecule has 0 radical (unpaired) electrons. The summed E-state index contributed by atoms with van der Waals surface area (Å²) >= 11 is 0. The minimum Gasteiger partial charge on any atom is -0.101 e. The minimum absolute atomic E-state index is 0.250. The van der Waals surface area contributed by atoms with Gasteiger partial charge in [-0.05, 0) is 20.0 Å². The molecule has 0 saturated carbocycles. The highest BCUT2D eigenvalue weighted by Crippen LogP contribution is 2.76. The average molecular weight is 339 g/mol. The molecule has 0 heterocycles. The van der Waals surface area contributed by atoms with Crippen molar-refractivity contribution in [3.63, 3.8) is 0 Å². The highest BCUT2D eigenvalue weighted by molar-refractivity contribution is 8.51. The van der Waals surface area contributed by atoms with E-state index in [9.17, 15) is 0 Å². The number of hydrogen-bond acceptors (Lipinski definition) is 0. The first-order valence-electron chi connectivity index (χ1n) is 6.99. The minimum atomic E-state index is -1.13. The van der Waals surface area contributed by atoms with Crippen molar-refractivity contribution in [2.75, 3.05) is 20.0 Å². The van der Waals surface area contributed by atoms with Crippen LogP contribution in [0, 0.1) is 0 Å². The molecule has 0 fully saturated rings. The maximum absolute atomic E-state index is 2.68. The molecule has 0 amide bonds. The molecule has 0 aliphatic rings. The second-order valence-corrected chi connectivity index (χ2v) is 40.9. The van der Waals surface area contributed by atoms with Gasteiger partial charge in [0, 0.05) is 0 Å². The largest absolute Gasteiger partial charge is 0.101 e. The Hall–Kier alpha value is 1.38. The molecule has 18 heavy (non-hydrogen) atoms. The molecule has 0 aliphatic heterocycles. The summed E-state index contributed by atoms with van der Waals surface area (Å²) in [4.78, 5) is 0. The van der Waals surface area contributed by atoms with Crippen molar-refractivity contribution < 1.29 is 0 Å². The summed E-state index contributed by atoms with van der Waals surface area (Å²) in [6.45, 7) is 30.5. The van der Waals surface area contributed by atoms with Crippen LogP contribution >= 0.6 is 13.7 Å². The van der Waals surface area contributed by atoms with Crippen LogP contribution in [-0.2, 0) is 0 Å². The van der Waals surface area contributed by atoms with Crippen LogP contribution in [0.3, 0.4) is 0 Å². The zero-order chi connectivity index (χ0) is 15.2. The Labute approximate surface area is 121 Å². The van der Waals surface area contributed by atoms with Crippen LogP contribution < -0.4 is 0 Å². The molecule has 0 aliphatic carbocycles. The van der Waals surface area contributed by atoms with Crippen LogP contribution in [0.4, 0.5) is 0 Å². The van der Waals surface area contributed by atoms with Crippen LogP contribution in [0.2, 0.25) is 58.9 Å². The van der Waals surface area contributed by atoms with Crippen LogP contribution in [0.15, 0.2) is 0 Å². The van der Waals surface area contributed by atoms with E-state index in [0.717, 1.165) is 0 Å². The topological polar surface area (TPSA) is 0 Å². The maximum Gasteiger partial charge on any atom is 0.0767 e. The van der Waals surface area contributed by atoms with Crippen molar-refractivity contribution in [2.24, 2.45) is 0 Å². The lowest BCUT2D eigenvalue weighted by Crippen LogP contribution is -2.50. The van der Waals surface area contributed by atoms with Gasteiger partial charge in [-0.1, -0.05) is 70.6 Å². The average Bonchev–Trinajstić information content (AvgIpc) is 1.93. The third-order valence-corrected chi connectivity index (χ3v) is 44.9. The summed E-state index contributed by atoms with van der Waals surface area (Å²) in [5.74, 6) is 0. The lowest BCUT2D eigenvalue weighted by atomic mass is 11.7. The van der Waals surface area contributed by atoms with E-state index in [1.807, 2.05) is 0 Å². The summed E-state index contributed by atoms with van der Waals surface area (Å²) < 4.78 is 2.14. The van der Waals surface area contributed by atoms with Gasteiger partial charge in [0.2, 0.25) is 0 Å². The molecule has 0 aromatic rings. The first-order valence-corrected chi connectivity index (χ1v) is 23.5. The molecular formula is C13H36P2Si3. The van der Waals surface area contributed by atoms with Gasteiger partial charge in [-0.25, -0.2) is 0 Å². The Morgan fingerprint density at radius 3 is 1.17 bits per heavy atom. The second-order valence-electron chi connectivity index (χ2n) is 8.94. The summed E-state index contributed by atoms with van der Waals surface area (Å²) in [5, 5.41) is 0. The molecule has 1 unspecified atom stereocenters. The standard InChI is InChI=1S/C13H36P2Si3/c1-14(18(10,11)12)15(2,3)13(16(4,5)6)17(7,8)9/h1-12H3. The van der Waals surface area contributed by atoms with Crippen LogP contribution in [0.25, 0.3) is 0 Å². The fraction of sp³-hybridized carbons (Fsp3) is 0.923. The van der Waals surface area contributed by atoms with E-state index in [-0.39, 0.29) is 7.16 Å². The van der Waals surface area contributed by atoms with Crippen molar-refractivity contribution >= 4 is 42.2 Å². The van der Waals surface area contributed by atoms with Crippen LogP contribution in [-0.4, -0.2) is 48.4 Å². The molecule has 110 valence electrons. The van der Waals surface area contributed by atoms with Crippen molar-refractivity contribution in [1.82, 2.24) is 0 Å². The van der Waals surface area contributed by atoms with E-state index < -0.39 is 30.5 Å². The van der Waals surface area contributed by atoms with Gasteiger partial charge in [0.25, 0.3) is 0 Å². The molecule has 0 aromatic heterocycles. The molecule has 1 atom stereocenters. The molecule has 0 N–H and O–H groups in total. The Bertz CT molecular complexity index is 332. The van der Waals surface area contributed by atoms with Gasteiger partial charge >= 0.3 is 0 Å². The van der Waals surface area contributed by atoms with Crippen molar-refractivity contribution in [2.45, 2.75) is 58.9 Å². The molecular weight excluding hydrogens is 302 g/mol. The Morgan fingerprint density at radius 2 is 1.00 bits per heavy atom. The number of rotatable bonds is 4. The zero-order valence-corrected chi connectivity index (χ0v) is 19.7.